The number of ether oxygens (including phenoxy) is 1. The van der Waals surface area contributed by atoms with Gasteiger partial charge in [-0.1, -0.05) is 61.5 Å². The number of hydrogen-bond donors (Lipinski definition) is 2. The first-order valence-corrected chi connectivity index (χ1v) is 10.3. The van der Waals surface area contributed by atoms with Crippen molar-refractivity contribution in [2.75, 3.05) is 13.2 Å². The minimum atomic E-state index is -0.792. The van der Waals surface area contributed by atoms with Crippen molar-refractivity contribution in [1.82, 2.24) is 5.32 Å². The van der Waals surface area contributed by atoms with Gasteiger partial charge in [-0.25, -0.2) is 0 Å². The smallest absolute Gasteiger partial charge is 0.308 e. The molecule has 0 fully saturated rings. The first-order chi connectivity index (χ1) is 14.0. The molecular formula is C24H31NO4. The molecule has 0 aliphatic rings. The minimum absolute atomic E-state index is 0.0748. The van der Waals surface area contributed by atoms with Gasteiger partial charge in [0.15, 0.2) is 0 Å². The maximum absolute atomic E-state index is 12.0. The molecule has 0 bridgehead atoms. The van der Waals surface area contributed by atoms with Crippen LogP contribution in [0, 0.1) is 5.92 Å². The molecule has 2 aromatic rings. The fraction of sp³-hybridized carbons (Fsp3) is 0.417. The second-order valence-corrected chi connectivity index (χ2v) is 7.30. The van der Waals surface area contributed by atoms with Gasteiger partial charge in [-0.15, -0.1) is 0 Å². The zero-order valence-corrected chi connectivity index (χ0v) is 17.3. The topological polar surface area (TPSA) is 75.6 Å². The van der Waals surface area contributed by atoms with E-state index in [9.17, 15) is 9.59 Å². The lowest BCUT2D eigenvalue weighted by atomic mass is 9.95. The van der Waals surface area contributed by atoms with Gasteiger partial charge < -0.3 is 15.2 Å². The third kappa shape index (κ3) is 8.08. The molecule has 5 heteroatoms. The molecule has 5 nitrogen and oxygen atoms in total. The van der Waals surface area contributed by atoms with Gasteiger partial charge in [-0.3, -0.25) is 9.59 Å². The zero-order valence-electron chi connectivity index (χ0n) is 17.3. The fourth-order valence-electron chi connectivity index (χ4n) is 3.34. The second-order valence-electron chi connectivity index (χ2n) is 7.30. The van der Waals surface area contributed by atoms with E-state index in [0.717, 1.165) is 6.42 Å². The van der Waals surface area contributed by atoms with Crippen LogP contribution in [-0.4, -0.2) is 36.2 Å². The van der Waals surface area contributed by atoms with E-state index in [2.05, 4.69) is 41.7 Å². The highest BCUT2D eigenvalue weighted by molar-refractivity contribution is 5.72. The molecule has 0 heterocycles. The Morgan fingerprint density at radius 2 is 1.69 bits per heavy atom. The Labute approximate surface area is 173 Å². The Kier molecular flexibility index (Phi) is 9.38. The number of aliphatic carboxylic acids is 1. The molecule has 29 heavy (non-hydrogen) atoms. The average molecular weight is 398 g/mol. The number of esters is 1. The van der Waals surface area contributed by atoms with E-state index in [4.69, 9.17) is 9.84 Å². The summed E-state index contributed by atoms with van der Waals surface area (Å²) in [4.78, 5) is 22.8. The third-order valence-corrected chi connectivity index (χ3v) is 4.87. The summed E-state index contributed by atoms with van der Waals surface area (Å²) >= 11 is 0. The summed E-state index contributed by atoms with van der Waals surface area (Å²) in [5.41, 5.74) is 3.52. The molecule has 2 N–H and O–H groups in total. The van der Waals surface area contributed by atoms with Crippen molar-refractivity contribution < 1.29 is 19.4 Å². The number of carbonyl (C=O) groups excluding carboxylic acids is 1. The zero-order chi connectivity index (χ0) is 21.1. The number of carbonyl (C=O) groups is 2. The molecule has 0 aliphatic carbocycles. The van der Waals surface area contributed by atoms with E-state index in [0.29, 0.717) is 26.0 Å². The molecule has 2 atom stereocenters. The standard InChI is InChI=1S/C24H31NO4/c1-3-29-24(28)18(2)16-22(25-15-7-10-23(26)27)17-19-11-13-21(14-12-19)20-8-5-4-6-9-20/h4-6,8-9,11-14,18,22,25H,3,7,10,15-17H2,1-2H3,(H,26,27). The summed E-state index contributed by atoms with van der Waals surface area (Å²) in [6, 6.07) is 18.8. The van der Waals surface area contributed by atoms with Gasteiger partial charge in [0.25, 0.3) is 0 Å². The molecule has 0 aromatic heterocycles. The van der Waals surface area contributed by atoms with Gasteiger partial charge in [0.2, 0.25) is 0 Å². The maximum atomic E-state index is 12.0. The van der Waals surface area contributed by atoms with Crippen LogP contribution in [0.15, 0.2) is 54.6 Å². The number of carboxylic acids is 1. The van der Waals surface area contributed by atoms with Crippen LogP contribution in [0.3, 0.4) is 0 Å². The predicted molar refractivity (Wildman–Crippen MR) is 115 cm³/mol. The molecular weight excluding hydrogens is 366 g/mol. The average Bonchev–Trinajstić information content (AvgIpc) is 2.72. The van der Waals surface area contributed by atoms with E-state index < -0.39 is 5.97 Å². The van der Waals surface area contributed by atoms with Crippen molar-refractivity contribution in [3.05, 3.63) is 60.2 Å². The largest absolute Gasteiger partial charge is 0.481 e. The Morgan fingerprint density at radius 3 is 2.31 bits per heavy atom. The number of rotatable bonds is 12. The van der Waals surface area contributed by atoms with Gasteiger partial charge in [0.1, 0.15) is 0 Å². The van der Waals surface area contributed by atoms with Crippen LogP contribution < -0.4 is 5.32 Å². The number of carboxylic acid groups (broad SMARTS) is 1. The summed E-state index contributed by atoms with van der Waals surface area (Å²) in [5.74, 6) is -1.19. The van der Waals surface area contributed by atoms with Crippen molar-refractivity contribution in [2.24, 2.45) is 5.92 Å². The molecule has 0 amide bonds. The summed E-state index contributed by atoms with van der Waals surface area (Å²) in [5, 5.41) is 12.2. The number of nitrogens with one attached hydrogen (secondary N) is 1. The Hall–Kier alpha value is -2.66. The second kappa shape index (κ2) is 12.0. The summed E-state index contributed by atoms with van der Waals surface area (Å²) in [6.45, 7) is 4.67. The van der Waals surface area contributed by atoms with Crippen molar-refractivity contribution in [1.29, 1.82) is 0 Å². The van der Waals surface area contributed by atoms with Crippen LogP contribution in [0.1, 0.15) is 38.7 Å². The summed E-state index contributed by atoms with van der Waals surface area (Å²) in [7, 11) is 0. The van der Waals surface area contributed by atoms with Crippen molar-refractivity contribution in [3.63, 3.8) is 0 Å². The molecule has 2 unspecified atom stereocenters. The first-order valence-electron chi connectivity index (χ1n) is 10.3. The minimum Gasteiger partial charge on any atom is -0.481 e. The van der Waals surface area contributed by atoms with Crippen LogP contribution in [0.5, 0.6) is 0 Å². The van der Waals surface area contributed by atoms with Crippen LogP contribution in [0.4, 0.5) is 0 Å². The van der Waals surface area contributed by atoms with E-state index >= 15 is 0 Å². The van der Waals surface area contributed by atoms with Crippen molar-refractivity contribution in [3.8, 4) is 11.1 Å². The molecule has 2 aromatic carbocycles. The highest BCUT2D eigenvalue weighted by Gasteiger charge is 2.20. The van der Waals surface area contributed by atoms with E-state index in [1.54, 1.807) is 6.92 Å². The Bertz CT molecular complexity index is 758. The van der Waals surface area contributed by atoms with Gasteiger partial charge in [-0.2, -0.15) is 0 Å². The highest BCUT2D eigenvalue weighted by Crippen LogP contribution is 2.21. The SMILES string of the molecule is CCOC(=O)C(C)CC(Cc1ccc(-c2ccccc2)cc1)NCCCC(=O)O. The lowest BCUT2D eigenvalue weighted by molar-refractivity contribution is -0.147. The van der Waals surface area contributed by atoms with Crippen LogP contribution >= 0.6 is 0 Å². The lowest BCUT2D eigenvalue weighted by Crippen LogP contribution is -2.35. The van der Waals surface area contributed by atoms with Gasteiger partial charge in [-0.05, 0) is 49.4 Å². The summed E-state index contributed by atoms with van der Waals surface area (Å²) in [6.07, 6.45) is 2.11. The number of hydrogen-bond acceptors (Lipinski definition) is 4. The lowest BCUT2D eigenvalue weighted by Gasteiger charge is -2.22. The van der Waals surface area contributed by atoms with E-state index in [-0.39, 0.29) is 24.3 Å². The summed E-state index contributed by atoms with van der Waals surface area (Å²) < 4.78 is 5.13. The molecule has 2 rings (SSSR count). The van der Waals surface area contributed by atoms with E-state index in [1.165, 1.54) is 16.7 Å². The molecule has 156 valence electrons. The predicted octanol–water partition coefficient (Wildman–Crippen LogP) is 4.31. The van der Waals surface area contributed by atoms with Crippen LogP contribution in [0.25, 0.3) is 11.1 Å². The molecule has 0 radical (unpaired) electrons. The Morgan fingerprint density at radius 1 is 1.03 bits per heavy atom. The molecule has 0 spiro atoms. The van der Waals surface area contributed by atoms with Gasteiger partial charge in [0.05, 0.1) is 12.5 Å². The third-order valence-electron chi connectivity index (χ3n) is 4.87. The van der Waals surface area contributed by atoms with Gasteiger partial charge in [0, 0.05) is 12.5 Å². The maximum Gasteiger partial charge on any atom is 0.308 e. The van der Waals surface area contributed by atoms with Crippen molar-refractivity contribution in [2.45, 2.75) is 45.6 Å². The molecule has 0 saturated carbocycles. The normalized spacial score (nSPS) is 12.9. The molecule has 0 aliphatic heterocycles. The van der Waals surface area contributed by atoms with Gasteiger partial charge >= 0.3 is 11.9 Å². The van der Waals surface area contributed by atoms with E-state index in [1.807, 2.05) is 25.1 Å². The first kappa shape index (κ1) is 22.6. The van der Waals surface area contributed by atoms with Crippen LogP contribution in [0.2, 0.25) is 0 Å². The monoisotopic (exact) mass is 397 g/mol. The fourth-order valence-corrected chi connectivity index (χ4v) is 3.34. The quantitative estimate of drug-likeness (QED) is 0.412. The highest BCUT2D eigenvalue weighted by atomic mass is 16.5. The van der Waals surface area contributed by atoms with Crippen LogP contribution in [-0.2, 0) is 20.7 Å². The molecule has 0 saturated heterocycles. The Balaban J connectivity index is 2.00. The number of benzene rings is 2. The van der Waals surface area contributed by atoms with Crippen molar-refractivity contribution >= 4 is 11.9 Å².